The second-order valence-corrected chi connectivity index (χ2v) is 9.83. The predicted octanol–water partition coefficient (Wildman–Crippen LogP) is 6.21. The molecule has 0 fully saturated rings. The summed E-state index contributed by atoms with van der Waals surface area (Å²) in [6, 6.07) is 24.4. The molecule has 174 valence electrons. The maximum atomic E-state index is 12.4. The minimum absolute atomic E-state index is 0.0264. The highest BCUT2D eigenvalue weighted by Gasteiger charge is 2.11. The Balaban J connectivity index is 1.54. The number of rotatable bonds is 9. The van der Waals surface area contributed by atoms with Gasteiger partial charge in [0.1, 0.15) is 5.75 Å². The van der Waals surface area contributed by atoms with Gasteiger partial charge in [-0.15, -0.1) is 0 Å². The first-order valence-electron chi connectivity index (χ1n) is 11.6. The summed E-state index contributed by atoms with van der Waals surface area (Å²) >= 11 is 0. The molecule has 0 aromatic heterocycles. The first kappa shape index (κ1) is 24.4. The van der Waals surface area contributed by atoms with Gasteiger partial charge in [-0.05, 0) is 64.9 Å². The molecule has 0 unspecified atom stereocenters. The quantitative estimate of drug-likeness (QED) is 0.427. The van der Waals surface area contributed by atoms with E-state index >= 15 is 0 Å². The highest BCUT2D eigenvalue weighted by Crippen LogP contribution is 2.25. The summed E-state index contributed by atoms with van der Waals surface area (Å²) in [7, 11) is 4.09. The largest absolute Gasteiger partial charge is 0.493 e. The van der Waals surface area contributed by atoms with Gasteiger partial charge in [0.05, 0.1) is 6.61 Å². The standard InChI is InChI=1S/C29H36N2O2/c1-29(2,3)18-19-30-28(32)24-13-11-23(12-14-24)25-7-6-8-27(21-25)33-20-17-22-9-15-26(16-10-22)31(4)5/h6-16,21H,17-20H2,1-5H3,(H,30,32). The molecular weight excluding hydrogens is 408 g/mol. The second kappa shape index (κ2) is 11.0. The maximum absolute atomic E-state index is 12.4. The van der Waals surface area contributed by atoms with Crippen molar-refractivity contribution in [2.75, 3.05) is 32.1 Å². The van der Waals surface area contributed by atoms with E-state index in [1.54, 1.807) is 0 Å². The highest BCUT2D eigenvalue weighted by atomic mass is 16.5. The highest BCUT2D eigenvalue weighted by molar-refractivity contribution is 5.94. The number of carbonyl (C=O) groups is 1. The average molecular weight is 445 g/mol. The van der Waals surface area contributed by atoms with E-state index in [9.17, 15) is 4.79 Å². The number of ether oxygens (including phenoxy) is 1. The van der Waals surface area contributed by atoms with Gasteiger partial charge in [0.25, 0.3) is 5.91 Å². The fourth-order valence-corrected chi connectivity index (χ4v) is 3.48. The number of nitrogens with one attached hydrogen (secondary N) is 1. The molecule has 4 heteroatoms. The van der Waals surface area contributed by atoms with Crippen LogP contribution in [0.1, 0.15) is 43.1 Å². The van der Waals surface area contributed by atoms with Crippen LogP contribution in [0.2, 0.25) is 0 Å². The zero-order valence-corrected chi connectivity index (χ0v) is 20.5. The van der Waals surface area contributed by atoms with Crippen LogP contribution >= 0.6 is 0 Å². The van der Waals surface area contributed by atoms with Crippen LogP contribution in [0, 0.1) is 5.41 Å². The summed E-state index contributed by atoms with van der Waals surface area (Å²) in [5, 5.41) is 3.01. The minimum atomic E-state index is -0.0264. The van der Waals surface area contributed by atoms with Crippen molar-refractivity contribution in [3.05, 3.63) is 83.9 Å². The molecule has 0 radical (unpaired) electrons. The Morgan fingerprint density at radius 2 is 1.61 bits per heavy atom. The van der Waals surface area contributed by atoms with Gasteiger partial charge in [-0.25, -0.2) is 0 Å². The van der Waals surface area contributed by atoms with Crippen molar-refractivity contribution < 1.29 is 9.53 Å². The van der Waals surface area contributed by atoms with Gasteiger partial charge in [0.15, 0.2) is 0 Å². The average Bonchev–Trinajstić information content (AvgIpc) is 2.79. The Bertz CT molecular complexity index is 1030. The van der Waals surface area contributed by atoms with Crippen molar-refractivity contribution in [1.82, 2.24) is 5.32 Å². The molecule has 1 amide bonds. The molecule has 0 aliphatic rings. The second-order valence-electron chi connectivity index (χ2n) is 9.83. The Hall–Kier alpha value is -3.27. The van der Waals surface area contributed by atoms with E-state index in [1.165, 1.54) is 11.3 Å². The summed E-state index contributed by atoms with van der Waals surface area (Å²) in [5.74, 6) is 0.822. The molecule has 0 saturated heterocycles. The monoisotopic (exact) mass is 444 g/mol. The first-order chi connectivity index (χ1) is 15.7. The molecule has 33 heavy (non-hydrogen) atoms. The fraction of sp³-hybridized carbons (Fsp3) is 0.345. The van der Waals surface area contributed by atoms with E-state index in [0.29, 0.717) is 18.7 Å². The topological polar surface area (TPSA) is 41.6 Å². The molecule has 0 bridgehead atoms. The molecule has 1 N–H and O–H groups in total. The van der Waals surface area contributed by atoms with Crippen LogP contribution in [0.4, 0.5) is 5.69 Å². The third-order valence-corrected chi connectivity index (χ3v) is 5.59. The fourth-order valence-electron chi connectivity index (χ4n) is 3.48. The number of anilines is 1. The number of amides is 1. The van der Waals surface area contributed by atoms with Gasteiger partial charge in [0, 0.05) is 38.3 Å². The van der Waals surface area contributed by atoms with E-state index in [0.717, 1.165) is 29.7 Å². The molecule has 4 nitrogen and oxygen atoms in total. The summed E-state index contributed by atoms with van der Waals surface area (Å²) < 4.78 is 6.01. The Labute approximate surface area is 198 Å². The molecule has 0 aliphatic heterocycles. The zero-order valence-electron chi connectivity index (χ0n) is 20.5. The van der Waals surface area contributed by atoms with Crippen LogP contribution in [0.25, 0.3) is 11.1 Å². The third-order valence-electron chi connectivity index (χ3n) is 5.59. The minimum Gasteiger partial charge on any atom is -0.493 e. The molecule has 3 aromatic carbocycles. The lowest BCUT2D eigenvalue weighted by Gasteiger charge is -2.18. The predicted molar refractivity (Wildman–Crippen MR) is 138 cm³/mol. The summed E-state index contributed by atoms with van der Waals surface area (Å²) in [5.41, 5.74) is 5.48. The molecule has 3 rings (SSSR count). The lowest BCUT2D eigenvalue weighted by atomic mass is 9.92. The van der Waals surface area contributed by atoms with E-state index < -0.39 is 0 Å². The number of carbonyl (C=O) groups excluding carboxylic acids is 1. The number of hydrogen-bond donors (Lipinski definition) is 1. The molecule has 0 aliphatic carbocycles. The van der Waals surface area contributed by atoms with Crippen LogP contribution < -0.4 is 15.0 Å². The van der Waals surface area contributed by atoms with Crippen molar-refractivity contribution in [2.45, 2.75) is 33.6 Å². The van der Waals surface area contributed by atoms with E-state index in [2.05, 4.69) is 61.3 Å². The van der Waals surface area contributed by atoms with Crippen LogP contribution in [0.15, 0.2) is 72.8 Å². The van der Waals surface area contributed by atoms with Gasteiger partial charge < -0.3 is 15.0 Å². The molecule has 0 atom stereocenters. The van der Waals surface area contributed by atoms with Crippen molar-refractivity contribution in [3.63, 3.8) is 0 Å². The lowest BCUT2D eigenvalue weighted by molar-refractivity contribution is 0.0949. The maximum Gasteiger partial charge on any atom is 0.251 e. The van der Waals surface area contributed by atoms with E-state index in [4.69, 9.17) is 4.74 Å². The van der Waals surface area contributed by atoms with Crippen molar-refractivity contribution in [2.24, 2.45) is 5.41 Å². The molecular formula is C29H36N2O2. The molecule has 3 aromatic rings. The van der Waals surface area contributed by atoms with Gasteiger partial charge in [0.2, 0.25) is 0 Å². The smallest absolute Gasteiger partial charge is 0.251 e. The van der Waals surface area contributed by atoms with Crippen LogP contribution in [-0.4, -0.2) is 33.2 Å². The molecule has 0 spiro atoms. The van der Waals surface area contributed by atoms with Crippen molar-refractivity contribution >= 4 is 11.6 Å². The molecule has 0 heterocycles. The normalized spacial score (nSPS) is 11.2. The number of hydrogen-bond acceptors (Lipinski definition) is 3. The third kappa shape index (κ3) is 7.67. The van der Waals surface area contributed by atoms with Crippen molar-refractivity contribution in [1.29, 1.82) is 0 Å². The summed E-state index contributed by atoms with van der Waals surface area (Å²) in [4.78, 5) is 14.5. The summed E-state index contributed by atoms with van der Waals surface area (Å²) in [6.45, 7) is 7.83. The lowest BCUT2D eigenvalue weighted by Crippen LogP contribution is -2.27. The Kier molecular flexibility index (Phi) is 8.16. The Morgan fingerprint density at radius 1 is 0.909 bits per heavy atom. The van der Waals surface area contributed by atoms with Gasteiger partial charge in [-0.1, -0.05) is 57.2 Å². The van der Waals surface area contributed by atoms with Crippen molar-refractivity contribution in [3.8, 4) is 16.9 Å². The number of benzene rings is 3. The van der Waals surface area contributed by atoms with E-state index in [-0.39, 0.29) is 11.3 Å². The first-order valence-corrected chi connectivity index (χ1v) is 11.6. The van der Waals surface area contributed by atoms with Gasteiger partial charge >= 0.3 is 0 Å². The SMILES string of the molecule is CN(C)c1ccc(CCOc2cccc(-c3ccc(C(=O)NCCC(C)(C)C)cc3)c2)cc1. The zero-order chi connectivity index (χ0) is 23.8. The van der Waals surface area contributed by atoms with Crippen LogP contribution in [0.5, 0.6) is 5.75 Å². The summed E-state index contributed by atoms with van der Waals surface area (Å²) in [6.07, 6.45) is 1.81. The van der Waals surface area contributed by atoms with Crippen LogP contribution in [0.3, 0.4) is 0 Å². The van der Waals surface area contributed by atoms with E-state index in [1.807, 2.05) is 56.6 Å². The molecule has 0 saturated carbocycles. The Morgan fingerprint density at radius 3 is 2.24 bits per heavy atom. The van der Waals surface area contributed by atoms with Gasteiger partial charge in [-0.3, -0.25) is 4.79 Å². The van der Waals surface area contributed by atoms with Gasteiger partial charge in [-0.2, -0.15) is 0 Å². The number of nitrogens with zero attached hydrogens (tertiary/aromatic N) is 1. The van der Waals surface area contributed by atoms with Crippen LogP contribution in [-0.2, 0) is 6.42 Å².